The predicted octanol–water partition coefficient (Wildman–Crippen LogP) is 1.57. The van der Waals surface area contributed by atoms with Crippen molar-refractivity contribution in [3.63, 3.8) is 0 Å². The fourth-order valence-electron chi connectivity index (χ4n) is 1.82. The van der Waals surface area contributed by atoms with Crippen LogP contribution in [0.5, 0.6) is 0 Å². The highest BCUT2D eigenvalue weighted by Crippen LogP contribution is 2.22. The van der Waals surface area contributed by atoms with Crippen molar-refractivity contribution in [2.45, 2.75) is 38.8 Å². The van der Waals surface area contributed by atoms with Crippen LogP contribution in [0.15, 0.2) is 18.2 Å². The standard InChI is InChI=1S/C15H21N3O6/c1-15(2,3)24-7-6-11(14(20)21)17-13(19)9-4-5-10(16)12(8-9)18(22)23/h4-5,8,11H,6-7,16H2,1-3H3,(H,17,19)(H,20,21). The molecule has 1 amide bonds. The number of carbonyl (C=O) groups excluding carboxylic acids is 1. The second-order valence-corrected chi connectivity index (χ2v) is 6.14. The second-order valence-electron chi connectivity index (χ2n) is 6.14. The molecular weight excluding hydrogens is 318 g/mol. The third-order valence-corrected chi connectivity index (χ3v) is 3.03. The zero-order chi connectivity index (χ0) is 18.5. The largest absolute Gasteiger partial charge is 0.480 e. The highest BCUT2D eigenvalue weighted by Gasteiger charge is 2.23. The third kappa shape index (κ3) is 5.84. The van der Waals surface area contributed by atoms with Gasteiger partial charge in [0.25, 0.3) is 11.6 Å². The van der Waals surface area contributed by atoms with Crippen molar-refractivity contribution >= 4 is 23.3 Å². The topological polar surface area (TPSA) is 145 Å². The molecule has 0 aliphatic carbocycles. The molecule has 1 aromatic carbocycles. The van der Waals surface area contributed by atoms with Gasteiger partial charge >= 0.3 is 5.97 Å². The molecule has 132 valence electrons. The molecule has 0 radical (unpaired) electrons. The SMILES string of the molecule is CC(C)(C)OCCC(NC(=O)c1ccc(N)c([N+](=O)[O-])c1)C(=O)O. The molecule has 24 heavy (non-hydrogen) atoms. The lowest BCUT2D eigenvalue weighted by atomic mass is 10.1. The molecule has 0 heterocycles. The molecule has 1 rings (SSSR count). The van der Waals surface area contributed by atoms with E-state index in [0.29, 0.717) is 0 Å². The highest BCUT2D eigenvalue weighted by atomic mass is 16.6. The van der Waals surface area contributed by atoms with Crippen molar-refractivity contribution < 1.29 is 24.4 Å². The molecule has 1 aromatic rings. The summed E-state index contributed by atoms with van der Waals surface area (Å²) in [7, 11) is 0. The van der Waals surface area contributed by atoms with E-state index < -0.39 is 34.1 Å². The van der Waals surface area contributed by atoms with Crippen LogP contribution in [0.1, 0.15) is 37.6 Å². The summed E-state index contributed by atoms with van der Waals surface area (Å²) in [4.78, 5) is 33.5. The summed E-state index contributed by atoms with van der Waals surface area (Å²) in [6.07, 6.45) is 0.0649. The second kappa shape index (κ2) is 7.73. The number of carbonyl (C=O) groups is 2. The van der Waals surface area contributed by atoms with Gasteiger partial charge in [0.15, 0.2) is 0 Å². The van der Waals surface area contributed by atoms with E-state index in [1.54, 1.807) is 0 Å². The number of amides is 1. The molecule has 1 unspecified atom stereocenters. The summed E-state index contributed by atoms with van der Waals surface area (Å²) < 4.78 is 5.44. The average molecular weight is 339 g/mol. The van der Waals surface area contributed by atoms with Crippen molar-refractivity contribution in [2.75, 3.05) is 12.3 Å². The molecule has 0 aliphatic rings. The van der Waals surface area contributed by atoms with Crippen LogP contribution in [0.4, 0.5) is 11.4 Å². The number of nitro groups is 1. The number of carboxylic acids is 1. The van der Waals surface area contributed by atoms with Crippen molar-refractivity contribution in [2.24, 2.45) is 0 Å². The van der Waals surface area contributed by atoms with Gasteiger partial charge < -0.3 is 20.9 Å². The molecule has 9 nitrogen and oxygen atoms in total. The smallest absolute Gasteiger partial charge is 0.326 e. The molecule has 0 saturated carbocycles. The Balaban J connectivity index is 2.80. The van der Waals surface area contributed by atoms with Gasteiger partial charge in [-0.1, -0.05) is 0 Å². The minimum Gasteiger partial charge on any atom is -0.480 e. The van der Waals surface area contributed by atoms with Gasteiger partial charge in [-0.05, 0) is 32.9 Å². The summed E-state index contributed by atoms with van der Waals surface area (Å²) in [5.41, 5.74) is 4.50. The molecular formula is C15H21N3O6. The predicted molar refractivity (Wildman–Crippen MR) is 86.7 cm³/mol. The van der Waals surface area contributed by atoms with E-state index in [1.807, 2.05) is 20.8 Å². The minimum absolute atomic E-state index is 0.0427. The van der Waals surface area contributed by atoms with E-state index in [2.05, 4.69) is 5.32 Å². The van der Waals surface area contributed by atoms with Crippen LogP contribution in [-0.4, -0.2) is 40.2 Å². The van der Waals surface area contributed by atoms with Crippen LogP contribution in [0.2, 0.25) is 0 Å². The van der Waals surface area contributed by atoms with Crippen LogP contribution in [0.25, 0.3) is 0 Å². The molecule has 0 bridgehead atoms. The van der Waals surface area contributed by atoms with Crippen molar-refractivity contribution in [3.8, 4) is 0 Å². The Morgan fingerprint density at radius 2 is 2.04 bits per heavy atom. The van der Waals surface area contributed by atoms with E-state index in [4.69, 9.17) is 10.5 Å². The van der Waals surface area contributed by atoms with Gasteiger partial charge in [-0.15, -0.1) is 0 Å². The van der Waals surface area contributed by atoms with Crippen LogP contribution in [0, 0.1) is 10.1 Å². The molecule has 0 spiro atoms. The number of nitrogens with one attached hydrogen (secondary N) is 1. The Hall–Kier alpha value is -2.68. The number of hydrogen-bond donors (Lipinski definition) is 3. The molecule has 9 heteroatoms. The fraction of sp³-hybridized carbons (Fsp3) is 0.467. The van der Waals surface area contributed by atoms with Crippen molar-refractivity contribution in [1.82, 2.24) is 5.32 Å². The first-order valence-corrected chi connectivity index (χ1v) is 7.23. The van der Waals surface area contributed by atoms with Crippen molar-refractivity contribution in [1.29, 1.82) is 0 Å². The zero-order valence-corrected chi connectivity index (χ0v) is 13.7. The molecule has 0 fully saturated rings. The summed E-state index contributed by atoms with van der Waals surface area (Å²) in [5.74, 6) is -1.95. The Morgan fingerprint density at radius 3 is 2.54 bits per heavy atom. The summed E-state index contributed by atoms with van der Waals surface area (Å²) in [6, 6.07) is 2.36. The number of anilines is 1. The summed E-state index contributed by atoms with van der Waals surface area (Å²) >= 11 is 0. The maximum Gasteiger partial charge on any atom is 0.326 e. The monoisotopic (exact) mass is 339 g/mol. The van der Waals surface area contributed by atoms with Crippen LogP contribution in [-0.2, 0) is 9.53 Å². The van der Waals surface area contributed by atoms with Gasteiger partial charge in [-0.25, -0.2) is 4.79 Å². The Kier molecular flexibility index (Phi) is 6.24. The maximum absolute atomic E-state index is 12.1. The maximum atomic E-state index is 12.1. The average Bonchev–Trinajstić information content (AvgIpc) is 2.44. The van der Waals surface area contributed by atoms with Crippen molar-refractivity contribution in [3.05, 3.63) is 33.9 Å². The molecule has 4 N–H and O–H groups in total. The van der Waals surface area contributed by atoms with E-state index in [9.17, 15) is 24.8 Å². The van der Waals surface area contributed by atoms with Gasteiger partial charge in [-0.2, -0.15) is 0 Å². The number of nitrogens with zero attached hydrogens (tertiary/aromatic N) is 1. The highest BCUT2D eigenvalue weighted by molar-refractivity contribution is 5.97. The minimum atomic E-state index is -1.22. The molecule has 1 atom stereocenters. The van der Waals surface area contributed by atoms with Gasteiger partial charge in [0.1, 0.15) is 11.7 Å². The fourth-order valence-corrected chi connectivity index (χ4v) is 1.82. The lowest BCUT2D eigenvalue weighted by Crippen LogP contribution is -2.42. The van der Waals surface area contributed by atoms with Gasteiger partial charge in [0.2, 0.25) is 0 Å². The van der Waals surface area contributed by atoms with E-state index in [0.717, 1.165) is 6.07 Å². The Labute approximate surface area is 138 Å². The van der Waals surface area contributed by atoms with Crippen LogP contribution >= 0.6 is 0 Å². The van der Waals surface area contributed by atoms with Crippen LogP contribution in [0.3, 0.4) is 0 Å². The molecule has 0 aromatic heterocycles. The number of nitro benzene ring substituents is 1. The summed E-state index contributed by atoms with van der Waals surface area (Å²) in [5, 5.41) is 22.4. The van der Waals surface area contributed by atoms with E-state index in [1.165, 1.54) is 12.1 Å². The number of nitrogen functional groups attached to an aromatic ring is 1. The third-order valence-electron chi connectivity index (χ3n) is 3.03. The number of nitrogens with two attached hydrogens (primary N) is 1. The number of hydrogen-bond acceptors (Lipinski definition) is 6. The quantitative estimate of drug-likeness (QED) is 0.388. The lowest BCUT2D eigenvalue weighted by Gasteiger charge is -2.21. The van der Waals surface area contributed by atoms with Gasteiger partial charge in [0.05, 0.1) is 10.5 Å². The van der Waals surface area contributed by atoms with Gasteiger partial charge in [-0.3, -0.25) is 14.9 Å². The summed E-state index contributed by atoms with van der Waals surface area (Å²) in [6.45, 7) is 5.63. The molecule has 0 saturated heterocycles. The molecule has 0 aliphatic heterocycles. The lowest BCUT2D eigenvalue weighted by molar-refractivity contribution is -0.383. The Morgan fingerprint density at radius 1 is 1.42 bits per heavy atom. The van der Waals surface area contributed by atoms with E-state index >= 15 is 0 Å². The normalized spacial score (nSPS) is 12.5. The first kappa shape index (κ1) is 19.4. The Bertz CT molecular complexity index is 639. The first-order valence-electron chi connectivity index (χ1n) is 7.23. The van der Waals surface area contributed by atoms with Crippen LogP contribution < -0.4 is 11.1 Å². The number of rotatable bonds is 7. The number of benzene rings is 1. The van der Waals surface area contributed by atoms with E-state index in [-0.39, 0.29) is 24.3 Å². The first-order chi connectivity index (χ1) is 11.0. The number of aliphatic carboxylic acids is 1. The number of carboxylic acid groups (broad SMARTS) is 1. The number of ether oxygens (including phenoxy) is 1. The zero-order valence-electron chi connectivity index (χ0n) is 13.7. The van der Waals surface area contributed by atoms with Gasteiger partial charge in [0, 0.05) is 24.7 Å².